The van der Waals surface area contributed by atoms with Crippen molar-refractivity contribution in [2.24, 2.45) is 0 Å². The summed E-state index contributed by atoms with van der Waals surface area (Å²) >= 11 is 0. The molecule has 1 heterocycles. The predicted octanol–water partition coefficient (Wildman–Crippen LogP) is 2.02. The van der Waals surface area contributed by atoms with Crippen LogP contribution in [-0.4, -0.2) is 18.3 Å². The lowest BCUT2D eigenvalue weighted by Crippen LogP contribution is -2.41. The van der Waals surface area contributed by atoms with Gasteiger partial charge in [0.2, 0.25) is 0 Å². The number of hydrogen-bond donors (Lipinski definition) is 1. The molecule has 2 N–H and O–H groups in total. The third-order valence-corrected chi connectivity index (χ3v) is 3.78. The molecule has 0 radical (unpaired) electrons. The van der Waals surface area contributed by atoms with Crippen molar-refractivity contribution in [3.63, 3.8) is 0 Å². The van der Waals surface area contributed by atoms with E-state index in [-0.39, 0.29) is 5.69 Å². The molecule has 1 aromatic rings. The van der Waals surface area contributed by atoms with Crippen molar-refractivity contribution in [1.82, 2.24) is 0 Å². The maximum Gasteiger partial charge on any atom is 0.497 e. The summed E-state index contributed by atoms with van der Waals surface area (Å²) in [7, 11) is -0.711. The fraction of sp³-hybridized carbons (Fsp3) is 0.538. The maximum absolute atomic E-state index is 14.1. The van der Waals surface area contributed by atoms with Crippen molar-refractivity contribution in [3.8, 4) is 0 Å². The van der Waals surface area contributed by atoms with Gasteiger partial charge in [-0.2, -0.15) is 0 Å². The molecule has 0 unspecified atom stereocenters. The summed E-state index contributed by atoms with van der Waals surface area (Å²) in [5.74, 6) is -0.459. The van der Waals surface area contributed by atoms with Gasteiger partial charge in [-0.25, -0.2) is 4.39 Å². The molecule has 5 heteroatoms. The van der Waals surface area contributed by atoms with Crippen LogP contribution in [0.1, 0.15) is 33.3 Å². The summed E-state index contributed by atoms with van der Waals surface area (Å²) in [6.45, 7) is 9.60. The van der Waals surface area contributed by atoms with E-state index in [9.17, 15) is 4.39 Å². The molecule has 1 aliphatic rings. The highest BCUT2D eigenvalue weighted by Crippen LogP contribution is 2.36. The number of anilines is 1. The highest BCUT2D eigenvalue weighted by atomic mass is 19.1. The van der Waals surface area contributed by atoms with Crippen LogP contribution >= 0.6 is 0 Å². The lowest BCUT2D eigenvalue weighted by Gasteiger charge is -2.32. The van der Waals surface area contributed by atoms with Crippen LogP contribution in [0, 0.1) is 12.7 Å². The number of halogens is 1. The molecule has 0 bridgehead atoms. The second kappa shape index (κ2) is 3.97. The molecule has 3 nitrogen and oxygen atoms in total. The summed E-state index contributed by atoms with van der Waals surface area (Å²) in [6.07, 6.45) is 0. The van der Waals surface area contributed by atoms with Crippen molar-refractivity contribution in [1.29, 1.82) is 0 Å². The molecule has 0 atom stereocenters. The normalized spacial score (nSPS) is 21.3. The van der Waals surface area contributed by atoms with Gasteiger partial charge >= 0.3 is 7.12 Å². The largest absolute Gasteiger partial charge is 0.497 e. The van der Waals surface area contributed by atoms with Crippen molar-refractivity contribution in [3.05, 3.63) is 23.5 Å². The molecular weight excluding hydrogens is 232 g/mol. The van der Waals surface area contributed by atoms with Crippen molar-refractivity contribution < 1.29 is 13.7 Å². The van der Waals surface area contributed by atoms with Crippen LogP contribution in [0.15, 0.2) is 12.1 Å². The third kappa shape index (κ3) is 2.02. The van der Waals surface area contributed by atoms with Gasteiger partial charge in [0, 0.05) is 5.46 Å². The minimum atomic E-state index is -0.711. The van der Waals surface area contributed by atoms with Crippen LogP contribution in [0.2, 0.25) is 0 Å². The Balaban J connectivity index is 2.41. The molecule has 18 heavy (non-hydrogen) atoms. The number of hydrogen-bond acceptors (Lipinski definition) is 3. The first kappa shape index (κ1) is 13.4. The molecule has 1 aliphatic heterocycles. The van der Waals surface area contributed by atoms with E-state index in [0.29, 0.717) is 5.46 Å². The standard InChI is InChI=1S/C13H19BFNO2/c1-8-6-9(11(15)10(16)7-8)14-17-12(2,3)13(4,5)18-14/h6-7H,16H2,1-5H3. The summed E-state index contributed by atoms with van der Waals surface area (Å²) in [5.41, 5.74) is 6.05. The topological polar surface area (TPSA) is 44.5 Å². The van der Waals surface area contributed by atoms with Gasteiger partial charge in [0.05, 0.1) is 16.9 Å². The third-order valence-electron chi connectivity index (χ3n) is 3.78. The monoisotopic (exact) mass is 251 g/mol. The van der Waals surface area contributed by atoms with E-state index in [4.69, 9.17) is 15.0 Å². The minimum absolute atomic E-state index is 0.125. The number of benzene rings is 1. The van der Waals surface area contributed by atoms with Gasteiger partial charge < -0.3 is 15.0 Å². The molecule has 0 amide bonds. The summed E-state index contributed by atoms with van der Waals surface area (Å²) < 4.78 is 25.7. The van der Waals surface area contributed by atoms with Gasteiger partial charge in [-0.1, -0.05) is 6.07 Å². The zero-order valence-electron chi connectivity index (χ0n) is 11.5. The molecule has 0 saturated carbocycles. The predicted molar refractivity (Wildman–Crippen MR) is 71.3 cm³/mol. The number of nitrogen functional groups attached to an aromatic ring is 1. The van der Waals surface area contributed by atoms with E-state index in [2.05, 4.69) is 0 Å². The molecule has 2 rings (SSSR count). The van der Waals surface area contributed by atoms with E-state index in [1.54, 1.807) is 12.1 Å². The van der Waals surface area contributed by atoms with E-state index < -0.39 is 24.1 Å². The Bertz CT molecular complexity index is 472. The summed E-state index contributed by atoms with van der Waals surface area (Å²) in [4.78, 5) is 0. The van der Waals surface area contributed by atoms with Crippen molar-refractivity contribution in [2.75, 3.05) is 5.73 Å². The zero-order valence-corrected chi connectivity index (χ0v) is 11.5. The lowest BCUT2D eigenvalue weighted by atomic mass is 9.77. The second-order valence-electron chi connectivity index (χ2n) is 5.85. The minimum Gasteiger partial charge on any atom is -0.399 e. The number of rotatable bonds is 1. The van der Waals surface area contributed by atoms with E-state index in [1.165, 1.54) is 0 Å². The molecule has 1 aromatic carbocycles. The Morgan fingerprint density at radius 1 is 1.11 bits per heavy atom. The van der Waals surface area contributed by atoms with Crippen LogP contribution in [0.25, 0.3) is 0 Å². The quantitative estimate of drug-likeness (QED) is 0.613. The van der Waals surface area contributed by atoms with Crippen LogP contribution in [0.3, 0.4) is 0 Å². The number of aryl methyl sites for hydroxylation is 1. The van der Waals surface area contributed by atoms with Gasteiger partial charge in [0.15, 0.2) is 0 Å². The van der Waals surface area contributed by atoms with Crippen LogP contribution < -0.4 is 11.2 Å². The molecule has 1 fully saturated rings. The maximum atomic E-state index is 14.1. The fourth-order valence-corrected chi connectivity index (χ4v) is 1.97. The van der Waals surface area contributed by atoms with Crippen LogP contribution in [-0.2, 0) is 9.31 Å². The summed E-state index contributed by atoms with van der Waals surface area (Å²) in [5, 5.41) is 0. The van der Waals surface area contributed by atoms with Crippen LogP contribution in [0.4, 0.5) is 10.1 Å². The highest BCUT2D eigenvalue weighted by molar-refractivity contribution is 6.62. The molecule has 0 spiro atoms. The molecule has 1 saturated heterocycles. The Morgan fingerprint density at radius 3 is 2.11 bits per heavy atom. The lowest BCUT2D eigenvalue weighted by molar-refractivity contribution is 0.00578. The molecule has 98 valence electrons. The Kier molecular flexibility index (Phi) is 2.95. The van der Waals surface area contributed by atoms with E-state index in [0.717, 1.165) is 5.56 Å². The van der Waals surface area contributed by atoms with Crippen molar-refractivity contribution in [2.45, 2.75) is 45.8 Å². The van der Waals surface area contributed by atoms with E-state index in [1.807, 2.05) is 34.6 Å². The Hall–Kier alpha value is -1.07. The fourth-order valence-electron chi connectivity index (χ4n) is 1.97. The first-order valence-corrected chi connectivity index (χ1v) is 6.05. The SMILES string of the molecule is Cc1cc(N)c(F)c(B2OC(C)(C)C(C)(C)O2)c1. The second-order valence-corrected chi connectivity index (χ2v) is 5.85. The Morgan fingerprint density at radius 2 is 1.61 bits per heavy atom. The average Bonchev–Trinajstić information content (AvgIpc) is 2.42. The van der Waals surface area contributed by atoms with Crippen molar-refractivity contribution >= 4 is 18.3 Å². The van der Waals surface area contributed by atoms with Gasteiger partial charge in [-0.3, -0.25) is 0 Å². The smallest absolute Gasteiger partial charge is 0.399 e. The molecule has 0 aliphatic carbocycles. The number of nitrogens with two attached hydrogens (primary N) is 1. The first-order valence-electron chi connectivity index (χ1n) is 6.05. The van der Waals surface area contributed by atoms with Gasteiger partial charge in [-0.05, 0) is 46.2 Å². The highest BCUT2D eigenvalue weighted by Gasteiger charge is 2.52. The zero-order chi connectivity index (χ0) is 13.7. The van der Waals surface area contributed by atoms with E-state index >= 15 is 0 Å². The summed E-state index contributed by atoms with van der Waals surface area (Å²) in [6, 6.07) is 3.32. The van der Waals surface area contributed by atoms with Gasteiger partial charge in [-0.15, -0.1) is 0 Å². The van der Waals surface area contributed by atoms with Gasteiger partial charge in [0.1, 0.15) is 5.82 Å². The average molecular weight is 251 g/mol. The first-order chi connectivity index (χ1) is 8.14. The Labute approximate surface area is 108 Å². The molecule has 0 aromatic heterocycles. The van der Waals surface area contributed by atoms with Gasteiger partial charge in [0.25, 0.3) is 0 Å². The van der Waals surface area contributed by atoms with Crippen LogP contribution in [0.5, 0.6) is 0 Å². The molecular formula is C13H19BFNO2.